The Morgan fingerprint density at radius 2 is 1.85 bits per heavy atom. The third kappa shape index (κ3) is 9.64. The second-order valence-electron chi connectivity index (χ2n) is 10.2. The van der Waals surface area contributed by atoms with E-state index in [2.05, 4.69) is 31.5 Å². The predicted octanol–water partition coefficient (Wildman–Crippen LogP) is 3.56. The molecule has 0 saturated carbocycles. The van der Waals surface area contributed by atoms with Gasteiger partial charge in [0.2, 0.25) is 11.8 Å². The van der Waals surface area contributed by atoms with Crippen LogP contribution in [0.4, 0.5) is 10.1 Å². The van der Waals surface area contributed by atoms with Crippen LogP contribution in [0.2, 0.25) is 0 Å². The Kier molecular flexibility index (Phi) is 11.8. The van der Waals surface area contributed by atoms with Gasteiger partial charge in [0.25, 0.3) is 5.91 Å². The maximum Gasteiger partial charge on any atom is 0.305 e. The van der Waals surface area contributed by atoms with Gasteiger partial charge in [-0.1, -0.05) is 42.0 Å². The summed E-state index contributed by atoms with van der Waals surface area (Å²) in [6.45, 7) is 4.05. The molecule has 3 N–H and O–H groups in total. The first-order valence-electron chi connectivity index (χ1n) is 14.6. The van der Waals surface area contributed by atoms with E-state index in [1.165, 1.54) is 29.2 Å². The zero-order valence-electron chi connectivity index (χ0n) is 25.4. The quantitative estimate of drug-likeness (QED) is 0.109. The molecule has 3 aromatic carbocycles. The van der Waals surface area contributed by atoms with E-state index in [1.807, 2.05) is 55.5 Å². The summed E-state index contributed by atoms with van der Waals surface area (Å²) in [4.78, 5) is 50.3. The van der Waals surface area contributed by atoms with Crippen molar-refractivity contribution in [1.82, 2.24) is 30.8 Å². The van der Waals surface area contributed by atoms with Crippen LogP contribution in [0.5, 0.6) is 0 Å². The maximum absolute atomic E-state index is 14.9. The van der Waals surface area contributed by atoms with E-state index in [0.29, 0.717) is 17.7 Å². The first kappa shape index (κ1) is 33.2. The Bertz CT molecular complexity index is 1690. The number of hydrogen-bond donors (Lipinski definition) is 3. The molecule has 12 nitrogen and oxygen atoms in total. The van der Waals surface area contributed by atoms with Crippen LogP contribution in [0.3, 0.4) is 0 Å². The second-order valence-corrected chi connectivity index (χ2v) is 10.2. The van der Waals surface area contributed by atoms with Gasteiger partial charge in [-0.3, -0.25) is 19.2 Å². The first-order chi connectivity index (χ1) is 22.2. The van der Waals surface area contributed by atoms with Crippen molar-refractivity contribution in [2.45, 2.75) is 39.2 Å². The lowest BCUT2D eigenvalue weighted by molar-refractivity contribution is -0.143. The van der Waals surface area contributed by atoms with Gasteiger partial charge in [0.15, 0.2) is 0 Å². The maximum atomic E-state index is 14.9. The summed E-state index contributed by atoms with van der Waals surface area (Å²) < 4.78 is 21.2. The standard InChI is InChI=1S/C33H34FN7O5/c1-3-46-31(43)10-7-17-35-32(44)26-14-13-25(20-27(26)34)37-33(45)28(19-23-8-5-4-6-9-23)38-30(42)16-12-24-18-22(2)11-15-29(24)41-21-36-39-40-41/h4-6,8-9,11-16,18,20-21,28H,3,7,10,17,19H2,1-2H3,(H,35,44)(H,37,45)(H,38,42)/b16-12+/t28-/m0/s1. The topological polar surface area (TPSA) is 157 Å². The fraction of sp³-hybridized carbons (Fsp3) is 0.242. The minimum Gasteiger partial charge on any atom is -0.466 e. The number of tetrazole rings is 1. The summed E-state index contributed by atoms with van der Waals surface area (Å²) >= 11 is 0. The van der Waals surface area contributed by atoms with Crippen molar-refractivity contribution in [3.05, 3.63) is 107 Å². The number of hydrogen-bond acceptors (Lipinski definition) is 8. The average molecular weight is 628 g/mol. The van der Waals surface area contributed by atoms with Crippen molar-refractivity contribution in [3.8, 4) is 5.69 Å². The van der Waals surface area contributed by atoms with E-state index < -0.39 is 29.6 Å². The number of nitrogens with zero attached hydrogens (tertiary/aromatic N) is 4. The summed E-state index contributed by atoms with van der Waals surface area (Å²) in [5.41, 5.74) is 3.00. The molecular formula is C33H34FN7O5. The number of benzene rings is 3. The molecule has 1 aromatic heterocycles. The molecule has 4 rings (SSSR count). The third-order valence-electron chi connectivity index (χ3n) is 6.74. The number of anilines is 1. The number of carbonyl (C=O) groups excluding carboxylic acids is 4. The predicted molar refractivity (Wildman–Crippen MR) is 168 cm³/mol. The molecule has 0 aliphatic heterocycles. The molecule has 3 amide bonds. The lowest BCUT2D eigenvalue weighted by atomic mass is 10.0. The monoisotopic (exact) mass is 627 g/mol. The summed E-state index contributed by atoms with van der Waals surface area (Å²) in [5.74, 6) is -2.98. The van der Waals surface area contributed by atoms with Crippen LogP contribution in [-0.2, 0) is 25.5 Å². The highest BCUT2D eigenvalue weighted by Gasteiger charge is 2.22. The van der Waals surface area contributed by atoms with E-state index in [1.54, 1.807) is 13.0 Å². The van der Waals surface area contributed by atoms with E-state index in [9.17, 15) is 23.6 Å². The third-order valence-corrected chi connectivity index (χ3v) is 6.74. The fourth-order valence-corrected chi connectivity index (χ4v) is 4.50. The minimum absolute atomic E-state index is 0.107. The number of rotatable bonds is 14. The zero-order chi connectivity index (χ0) is 32.9. The Morgan fingerprint density at radius 3 is 2.57 bits per heavy atom. The molecule has 0 aliphatic carbocycles. The molecule has 1 heterocycles. The van der Waals surface area contributed by atoms with E-state index in [4.69, 9.17) is 4.74 Å². The number of halogens is 1. The van der Waals surface area contributed by atoms with E-state index >= 15 is 0 Å². The smallest absolute Gasteiger partial charge is 0.305 e. The Morgan fingerprint density at radius 1 is 1.04 bits per heavy atom. The van der Waals surface area contributed by atoms with Gasteiger partial charge in [-0.25, -0.2) is 4.39 Å². The fourth-order valence-electron chi connectivity index (χ4n) is 4.50. The van der Waals surface area contributed by atoms with E-state index in [0.717, 1.165) is 17.2 Å². The normalized spacial score (nSPS) is 11.5. The van der Waals surface area contributed by atoms with Crippen molar-refractivity contribution in [2.75, 3.05) is 18.5 Å². The Labute approximate surface area is 265 Å². The van der Waals surface area contributed by atoms with Gasteiger partial charge in [0.05, 0.1) is 17.9 Å². The van der Waals surface area contributed by atoms with Gasteiger partial charge >= 0.3 is 5.97 Å². The summed E-state index contributed by atoms with van der Waals surface area (Å²) in [6.07, 6.45) is 5.00. The molecule has 0 fully saturated rings. The average Bonchev–Trinajstić information content (AvgIpc) is 3.57. The highest BCUT2D eigenvalue weighted by atomic mass is 19.1. The van der Waals surface area contributed by atoms with Crippen molar-refractivity contribution in [2.24, 2.45) is 0 Å². The molecule has 0 bridgehead atoms. The minimum atomic E-state index is -1.01. The summed E-state index contributed by atoms with van der Waals surface area (Å²) in [7, 11) is 0. The molecule has 0 aliphatic rings. The molecule has 13 heteroatoms. The Balaban J connectivity index is 1.43. The van der Waals surface area contributed by atoms with Gasteiger partial charge in [0, 0.05) is 36.7 Å². The van der Waals surface area contributed by atoms with Crippen molar-refractivity contribution in [1.29, 1.82) is 0 Å². The number of aromatic nitrogens is 4. The molecule has 0 spiro atoms. The number of esters is 1. The molecule has 0 radical (unpaired) electrons. The summed E-state index contributed by atoms with van der Waals surface area (Å²) in [5, 5.41) is 19.2. The SMILES string of the molecule is CCOC(=O)CCCNC(=O)c1ccc(NC(=O)[C@H](Cc2ccccc2)NC(=O)/C=C/c2cc(C)ccc2-n2cnnn2)cc1F. The highest BCUT2D eigenvalue weighted by Crippen LogP contribution is 2.18. The van der Waals surface area contributed by atoms with Gasteiger partial charge in [-0.05, 0) is 72.7 Å². The second kappa shape index (κ2) is 16.4. The first-order valence-corrected chi connectivity index (χ1v) is 14.6. The van der Waals surface area contributed by atoms with Gasteiger partial charge in [-0.2, -0.15) is 4.68 Å². The lowest BCUT2D eigenvalue weighted by Gasteiger charge is -2.18. The van der Waals surface area contributed by atoms with Crippen molar-refractivity contribution < 1.29 is 28.3 Å². The number of carbonyl (C=O) groups is 4. The van der Waals surface area contributed by atoms with Gasteiger partial charge in [0.1, 0.15) is 18.2 Å². The van der Waals surface area contributed by atoms with Crippen LogP contribution in [0.15, 0.2) is 79.1 Å². The van der Waals surface area contributed by atoms with Crippen molar-refractivity contribution >= 4 is 35.5 Å². The largest absolute Gasteiger partial charge is 0.466 e. The lowest BCUT2D eigenvalue weighted by Crippen LogP contribution is -2.44. The highest BCUT2D eigenvalue weighted by molar-refractivity contribution is 6.01. The summed E-state index contributed by atoms with van der Waals surface area (Å²) in [6, 6.07) is 17.4. The van der Waals surface area contributed by atoms with Crippen LogP contribution in [0.25, 0.3) is 11.8 Å². The number of aryl methyl sites for hydroxylation is 1. The molecular weight excluding hydrogens is 593 g/mol. The van der Waals surface area contributed by atoms with Gasteiger partial charge in [-0.15, -0.1) is 5.10 Å². The van der Waals surface area contributed by atoms with Crippen molar-refractivity contribution in [3.63, 3.8) is 0 Å². The van der Waals surface area contributed by atoms with Gasteiger partial charge < -0.3 is 20.7 Å². The molecule has 46 heavy (non-hydrogen) atoms. The number of nitrogens with one attached hydrogen (secondary N) is 3. The molecule has 0 unspecified atom stereocenters. The van der Waals surface area contributed by atoms with E-state index in [-0.39, 0.29) is 43.2 Å². The number of amides is 3. The van der Waals surface area contributed by atoms with Crippen LogP contribution in [0, 0.1) is 12.7 Å². The zero-order valence-corrected chi connectivity index (χ0v) is 25.4. The van der Waals surface area contributed by atoms with Crippen LogP contribution < -0.4 is 16.0 Å². The van der Waals surface area contributed by atoms with Crippen LogP contribution >= 0.6 is 0 Å². The molecule has 238 valence electrons. The molecule has 4 aromatic rings. The molecule has 1 atom stereocenters. The van der Waals surface area contributed by atoms with Crippen LogP contribution in [0.1, 0.15) is 46.8 Å². The number of ether oxygens (including phenoxy) is 1. The molecule has 0 saturated heterocycles. The Hall–Kier alpha value is -5.72. The van der Waals surface area contributed by atoms with Crippen LogP contribution in [-0.4, -0.2) is 63.1 Å².